The van der Waals surface area contributed by atoms with Gasteiger partial charge >= 0.3 is 0 Å². The van der Waals surface area contributed by atoms with Gasteiger partial charge in [0.2, 0.25) is 5.91 Å². The molecule has 0 aromatic carbocycles. The minimum atomic E-state index is 0.203. The number of nitrogens with zero attached hydrogens (tertiary/aromatic N) is 7. The number of amides is 1. The summed E-state index contributed by atoms with van der Waals surface area (Å²) in [7, 11) is 0. The van der Waals surface area contributed by atoms with Gasteiger partial charge in [0.1, 0.15) is 12.1 Å². The normalized spacial score (nSPS) is 23.4. The second kappa shape index (κ2) is 7.14. The Morgan fingerprint density at radius 3 is 2.88 bits per heavy atom. The smallest absolute Gasteiger partial charge is 0.224 e. The van der Waals surface area contributed by atoms with Crippen LogP contribution in [0, 0.1) is 19.8 Å². The molecule has 5 heterocycles. The quantitative estimate of drug-likeness (QED) is 0.779. The molecular weight excluding hydrogens is 334 g/mol. The number of hydrogen-bond acceptors (Lipinski definition) is 7. The maximum absolute atomic E-state index is 12.8. The molecule has 0 N–H and O–H groups in total. The van der Waals surface area contributed by atoms with Crippen molar-refractivity contribution in [3.8, 4) is 0 Å². The number of hydrogen-bond donors (Lipinski definition) is 0. The number of rotatable bonds is 5. The molecule has 1 amide bonds. The van der Waals surface area contributed by atoms with Crippen molar-refractivity contribution in [3.05, 3.63) is 23.3 Å². The standard InChI is InChI=1S/C17H25N7O2/c1-12-16(13(2)26-19-12)10-22-7-14-3-4-15(9-22)24(8-14)17(25)5-6-23-11-18-20-21-23/h11,14-15H,3-10H2,1-2H3/t14-,15+/m1/s1. The second-order valence-corrected chi connectivity index (χ2v) is 7.46. The van der Waals surface area contributed by atoms with Crippen LogP contribution in [0.3, 0.4) is 0 Å². The summed E-state index contributed by atoms with van der Waals surface area (Å²) < 4.78 is 6.91. The van der Waals surface area contributed by atoms with Crippen molar-refractivity contribution in [1.82, 2.24) is 35.2 Å². The Morgan fingerprint density at radius 1 is 1.27 bits per heavy atom. The van der Waals surface area contributed by atoms with E-state index in [9.17, 15) is 4.79 Å². The van der Waals surface area contributed by atoms with Crippen LogP contribution in [0.25, 0.3) is 0 Å². The predicted molar refractivity (Wildman–Crippen MR) is 91.9 cm³/mol. The van der Waals surface area contributed by atoms with E-state index in [0.29, 0.717) is 18.9 Å². The highest BCUT2D eigenvalue weighted by molar-refractivity contribution is 5.76. The first-order valence-corrected chi connectivity index (χ1v) is 9.24. The molecule has 26 heavy (non-hydrogen) atoms. The zero-order valence-electron chi connectivity index (χ0n) is 15.3. The number of carbonyl (C=O) groups is 1. The van der Waals surface area contributed by atoms with Gasteiger partial charge in [-0.2, -0.15) is 0 Å². The molecule has 5 rings (SSSR count). The lowest BCUT2D eigenvalue weighted by Gasteiger charge is -2.36. The first-order chi connectivity index (χ1) is 12.6. The van der Waals surface area contributed by atoms with Gasteiger partial charge in [-0.1, -0.05) is 5.16 Å². The molecule has 3 saturated heterocycles. The Hall–Kier alpha value is -2.29. The van der Waals surface area contributed by atoms with Crippen molar-refractivity contribution in [2.24, 2.45) is 5.92 Å². The van der Waals surface area contributed by atoms with Crippen LogP contribution in [0.15, 0.2) is 10.9 Å². The monoisotopic (exact) mass is 359 g/mol. The summed E-state index contributed by atoms with van der Waals surface area (Å²) in [6.07, 6.45) is 4.27. The fourth-order valence-corrected chi connectivity index (χ4v) is 4.20. The van der Waals surface area contributed by atoms with E-state index in [1.807, 2.05) is 13.8 Å². The second-order valence-electron chi connectivity index (χ2n) is 7.46. The van der Waals surface area contributed by atoms with Crippen molar-refractivity contribution in [3.63, 3.8) is 0 Å². The number of carbonyl (C=O) groups excluding carboxylic acids is 1. The molecule has 0 saturated carbocycles. The van der Waals surface area contributed by atoms with Gasteiger partial charge in [-0.05, 0) is 43.0 Å². The molecule has 140 valence electrons. The zero-order valence-corrected chi connectivity index (χ0v) is 15.3. The average molecular weight is 359 g/mol. The van der Waals surface area contributed by atoms with Crippen LogP contribution in [0.5, 0.6) is 0 Å². The number of tetrazole rings is 1. The third-order valence-electron chi connectivity index (χ3n) is 5.62. The lowest BCUT2D eigenvalue weighted by molar-refractivity contribution is -0.135. The van der Waals surface area contributed by atoms with Crippen molar-refractivity contribution in [2.45, 2.75) is 52.2 Å². The van der Waals surface area contributed by atoms with Crippen LogP contribution in [-0.2, 0) is 17.9 Å². The maximum Gasteiger partial charge on any atom is 0.224 e. The van der Waals surface area contributed by atoms with Crippen LogP contribution in [0.4, 0.5) is 0 Å². The van der Waals surface area contributed by atoms with Crippen molar-refractivity contribution >= 4 is 5.91 Å². The Balaban J connectivity index is 1.40. The molecule has 0 radical (unpaired) electrons. The van der Waals surface area contributed by atoms with Crippen LogP contribution < -0.4 is 0 Å². The van der Waals surface area contributed by atoms with Gasteiger partial charge in [0.15, 0.2) is 0 Å². The molecule has 2 atom stereocenters. The Bertz CT molecular complexity index is 738. The number of piperidine rings is 1. The zero-order chi connectivity index (χ0) is 18.1. The van der Waals surface area contributed by atoms with E-state index < -0.39 is 0 Å². The van der Waals surface area contributed by atoms with E-state index in [-0.39, 0.29) is 11.9 Å². The first kappa shape index (κ1) is 17.1. The molecule has 0 aliphatic carbocycles. The molecule has 3 aliphatic heterocycles. The first-order valence-electron chi connectivity index (χ1n) is 9.24. The topological polar surface area (TPSA) is 93.2 Å². The van der Waals surface area contributed by atoms with Gasteiger partial charge in [0.25, 0.3) is 0 Å². The predicted octanol–water partition coefficient (Wildman–Crippen LogP) is 0.791. The minimum Gasteiger partial charge on any atom is -0.361 e. The van der Waals surface area contributed by atoms with Gasteiger partial charge < -0.3 is 9.42 Å². The van der Waals surface area contributed by atoms with E-state index in [1.54, 1.807) is 11.0 Å². The lowest BCUT2D eigenvalue weighted by Crippen LogP contribution is -2.47. The SMILES string of the molecule is Cc1noc(C)c1CN1C[C@H]2CC[C@@H](C1)N(C(=O)CCn1cnnn1)C2. The Labute approximate surface area is 152 Å². The van der Waals surface area contributed by atoms with Gasteiger partial charge in [-0.15, -0.1) is 5.10 Å². The molecule has 3 fully saturated rings. The molecule has 9 heteroatoms. The summed E-state index contributed by atoms with van der Waals surface area (Å²) in [5.74, 6) is 1.63. The molecule has 9 nitrogen and oxygen atoms in total. The van der Waals surface area contributed by atoms with Crippen LogP contribution in [0.2, 0.25) is 0 Å². The highest BCUT2D eigenvalue weighted by Gasteiger charge is 2.37. The van der Waals surface area contributed by atoms with Crippen molar-refractivity contribution in [2.75, 3.05) is 19.6 Å². The van der Waals surface area contributed by atoms with Crippen LogP contribution in [-0.4, -0.2) is 66.7 Å². The summed E-state index contributed by atoms with van der Waals surface area (Å²) in [6, 6.07) is 0.288. The number of fused-ring (bicyclic) bond motifs is 4. The third kappa shape index (κ3) is 3.48. The molecule has 3 aliphatic rings. The fraction of sp³-hybridized carbons (Fsp3) is 0.706. The number of aromatic nitrogens is 5. The van der Waals surface area contributed by atoms with E-state index in [4.69, 9.17) is 4.52 Å². The van der Waals surface area contributed by atoms with Crippen molar-refractivity contribution in [1.29, 1.82) is 0 Å². The fourth-order valence-electron chi connectivity index (χ4n) is 4.20. The largest absolute Gasteiger partial charge is 0.361 e. The van der Waals surface area contributed by atoms with Crippen LogP contribution in [0.1, 0.15) is 36.3 Å². The summed E-state index contributed by atoms with van der Waals surface area (Å²) >= 11 is 0. The summed E-state index contributed by atoms with van der Waals surface area (Å²) in [5, 5.41) is 15.1. The third-order valence-corrected chi connectivity index (χ3v) is 5.62. The molecule has 2 aromatic heterocycles. The molecule has 0 unspecified atom stereocenters. The van der Waals surface area contributed by atoms with E-state index in [1.165, 1.54) is 12.0 Å². The maximum atomic E-state index is 12.8. The van der Waals surface area contributed by atoms with Crippen molar-refractivity contribution < 1.29 is 9.32 Å². The number of aryl methyl sites for hydroxylation is 3. The highest BCUT2D eigenvalue weighted by atomic mass is 16.5. The minimum absolute atomic E-state index is 0.203. The van der Waals surface area contributed by atoms with Gasteiger partial charge in [-0.3, -0.25) is 9.69 Å². The van der Waals surface area contributed by atoms with Crippen LogP contribution >= 0.6 is 0 Å². The summed E-state index contributed by atoms with van der Waals surface area (Å²) in [4.78, 5) is 17.3. The summed E-state index contributed by atoms with van der Waals surface area (Å²) in [5.41, 5.74) is 2.15. The highest BCUT2D eigenvalue weighted by Crippen LogP contribution is 2.30. The van der Waals surface area contributed by atoms with E-state index in [0.717, 1.165) is 44.1 Å². The molecular formula is C17H25N7O2. The van der Waals surface area contributed by atoms with Gasteiger partial charge in [0.05, 0.1) is 12.2 Å². The summed E-state index contributed by atoms with van der Waals surface area (Å²) in [6.45, 7) is 8.14. The lowest BCUT2D eigenvalue weighted by atomic mass is 9.94. The molecule has 2 aromatic rings. The van der Waals surface area contributed by atoms with Gasteiger partial charge in [0, 0.05) is 44.2 Å². The van der Waals surface area contributed by atoms with E-state index in [2.05, 4.69) is 30.5 Å². The van der Waals surface area contributed by atoms with E-state index >= 15 is 0 Å². The molecule has 2 bridgehead atoms. The van der Waals surface area contributed by atoms with Gasteiger partial charge in [-0.25, -0.2) is 4.68 Å². The average Bonchev–Trinajstić information content (AvgIpc) is 3.15. The Kier molecular flexibility index (Phi) is 4.71. The molecule has 0 spiro atoms. The Morgan fingerprint density at radius 2 is 2.15 bits per heavy atom.